The third kappa shape index (κ3) is 7.29. The maximum absolute atomic E-state index is 12.3. The zero-order valence-electron chi connectivity index (χ0n) is 19.8. The minimum atomic E-state index is -4.76. The zero-order valence-corrected chi connectivity index (χ0v) is 20.7. The van der Waals surface area contributed by atoms with Crippen LogP contribution in [0.3, 0.4) is 0 Å². The van der Waals surface area contributed by atoms with Crippen LogP contribution >= 0.6 is 7.75 Å². The third-order valence-electron chi connectivity index (χ3n) is 5.15. The number of aromatic amines is 1. The van der Waals surface area contributed by atoms with Crippen molar-refractivity contribution in [3.05, 3.63) is 70.2 Å². The summed E-state index contributed by atoms with van der Waals surface area (Å²) in [7, 11) is -4.76. The summed E-state index contributed by atoms with van der Waals surface area (Å²) >= 11 is 0. The van der Waals surface area contributed by atoms with E-state index in [2.05, 4.69) is 9.51 Å². The fourth-order valence-electron chi connectivity index (χ4n) is 3.28. The van der Waals surface area contributed by atoms with Crippen LogP contribution in [0.2, 0.25) is 0 Å². The van der Waals surface area contributed by atoms with E-state index < -0.39 is 55.7 Å². The molecule has 1 unspecified atom stereocenters. The smallest absolute Gasteiger partial charge is 0.435 e. The minimum absolute atomic E-state index is 0.0897. The number of hydrogen-bond acceptors (Lipinski definition) is 8. The van der Waals surface area contributed by atoms with E-state index in [0.717, 1.165) is 11.6 Å². The number of benzene rings is 1. The van der Waals surface area contributed by atoms with Crippen LogP contribution in [0.4, 0.5) is 4.79 Å². The second-order valence-electron chi connectivity index (χ2n) is 7.88. The standard InChI is InChI=1S/C22H24N5O10P/c1-13-20(24-22(32)33)21(31)27(13)38(34,35)37-12-19(30)26-25-18(29)8-7-15-9-16(28)17(10-23-15)36-11-14-5-3-2-4-6-14/h2-10,13,20,24H,11-12H2,1H3,(H,23,28)(H,25,29)(H,26,30)(H,32,33)(H,34,35)/t13-,20-/m0/s1. The van der Waals surface area contributed by atoms with Crippen molar-refractivity contribution in [2.75, 3.05) is 6.61 Å². The molecule has 1 fully saturated rings. The number of ether oxygens (including phenoxy) is 1. The molecule has 0 aliphatic carbocycles. The maximum atomic E-state index is 12.3. The van der Waals surface area contributed by atoms with Crippen LogP contribution in [0.15, 0.2) is 53.5 Å². The van der Waals surface area contributed by atoms with E-state index in [1.807, 2.05) is 46.5 Å². The van der Waals surface area contributed by atoms with E-state index in [1.54, 1.807) is 0 Å². The lowest BCUT2D eigenvalue weighted by molar-refractivity contribution is -0.143. The van der Waals surface area contributed by atoms with E-state index in [4.69, 9.17) is 9.84 Å². The molecule has 1 saturated heterocycles. The summed E-state index contributed by atoms with van der Waals surface area (Å²) in [4.78, 5) is 71.3. The lowest BCUT2D eigenvalue weighted by Crippen LogP contribution is -2.68. The molecular formula is C22H24N5O10P. The van der Waals surface area contributed by atoms with Crippen molar-refractivity contribution in [1.82, 2.24) is 25.8 Å². The Morgan fingerprint density at radius 1 is 1.18 bits per heavy atom. The quantitative estimate of drug-likeness (QED) is 0.102. The van der Waals surface area contributed by atoms with Crippen molar-refractivity contribution < 1.29 is 43.0 Å². The molecule has 2 heterocycles. The highest BCUT2D eigenvalue weighted by Crippen LogP contribution is 2.52. The van der Waals surface area contributed by atoms with E-state index in [1.165, 1.54) is 25.3 Å². The highest BCUT2D eigenvalue weighted by Gasteiger charge is 2.54. The van der Waals surface area contributed by atoms with Crippen molar-refractivity contribution in [2.24, 2.45) is 0 Å². The van der Waals surface area contributed by atoms with Gasteiger partial charge in [-0.25, -0.2) is 14.0 Å². The number of nitrogens with zero attached hydrogens (tertiary/aromatic N) is 1. The lowest BCUT2D eigenvalue weighted by Gasteiger charge is -2.45. The van der Waals surface area contributed by atoms with Gasteiger partial charge in [0.25, 0.3) is 17.7 Å². The van der Waals surface area contributed by atoms with Crippen molar-refractivity contribution in [3.8, 4) is 5.75 Å². The average molecular weight is 549 g/mol. The Bertz CT molecular complexity index is 1350. The van der Waals surface area contributed by atoms with Gasteiger partial charge in [-0.05, 0) is 18.6 Å². The van der Waals surface area contributed by atoms with Gasteiger partial charge >= 0.3 is 13.8 Å². The van der Waals surface area contributed by atoms with Crippen LogP contribution in [-0.4, -0.2) is 62.2 Å². The first-order chi connectivity index (χ1) is 18.0. The molecule has 1 aliphatic rings. The fourth-order valence-corrected chi connectivity index (χ4v) is 4.65. The maximum Gasteiger partial charge on any atom is 0.435 e. The molecule has 4 amide bonds. The summed E-state index contributed by atoms with van der Waals surface area (Å²) in [5, 5.41) is 10.6. The molecule has 0 saturated carbocycles. The van der Waals surface area contributed by atoms with Gasteiger partial charge in [-0.15, -0.1) is 0 Å². The Morgan fingerprint density at radius 2 is 1.89 bits per heavy atom. The number of hydrazine groups is 1. The second kappa shape index (κ2) is 12.2. The number of aromatic nitrogens is 1. The number of pyridine rings is 1. The Hall–Kier alpha value is -4.46. The normalized spacial score (nSPS) is 18.3. The molecule has 0 spiro atoms. The molecule has 202 valence electrons. The first-order valence-electron chi connectivity index (χ1n) is 10.9. The van der Waals surface area contributed by atoms with Crippen LogP contribution in [0.5, 0.6) is 5.75 Å². The van der Waals surface area contributed by atoms with Gasteiger partial charge in [0.2, 0.25) is 5.43 Å². The third-order valence-corrected chi connectivity index (χ3v) is 6.72. The van der Waals surface area contributed by atoms with Crippen LogP contribution in [0, 0.1) is 0 Å². The molecule has 1 aromatic heterocycles. The number of carbonyl (C=O) groups is 4. The molecular weight excluding hydrogens is 525 g/mol. The summed E-state index contributed by atoms with van der Waals surface area (Å²) in [6.07, 6.45) is 2.13. The number of carbonyl (C=O) groups excluding carboxylic acids is 3. The van der Waals surface area contributed by atoms with E-state index in [-0.39, 0.29) is 18.1 Å². The number of carboxylic acid groups (broad SMARTS) is 1. The van der Waals surface area contributed by atoms with Crippen molar-refractivity contribution in [1.29, 1.82) is 0 Å². The van der Waals surface area contributed by atoms with Gasteiger partial charge in [0, 0.05) is 24.0 Å². The Morgan fingerprint density at radius 3 is 2.53 bits per heavy atom. The highest BCUT2D eigenvalue weighted by molar-refractivity contribution is 7.51. The fraction of sp³-hybridized carbons (Fsp3) is 0.227. The summed E-state index contributed by atoms with van der Waals surface area (Å²) < 4.78 is 22.8. The Kier molecular flexibility index (Phi) is 9.02. The Labute approximate surface area is 215 Å². The molecule has 6 N–H and O–H groups in total. The lowest BCUT2D eigenvalue weighted by atomic mass is 10.0. The average Bonchev–Trinajstić information content (AvgIpc) is 2.88. The number of hydrogen-bond donors (Lipinski definition) is 6. The summed E-state index contributed by atoms with van der Waals surface area (Å²) in [5.74, 6) is -2.72. The van der Waals surface area contributed by atoms with Crippen molar-refractivity contribution in [2.45, 2.75) is 25.6 Å². The molecule has 38 heavy (non-hydrogen) atoms. The first kappa shape index (κ1) is 28.1. The monoisotopic (exact) mass is 549 g/mol. The summed E-state index contributed by atoms with van der Waals surface area (Å²) in [6.45, 7) is 0.523. The van der Waals surface area contributed by atoms with Gasteiger partial charge in [-0.1, -0.05) is 30.3 Å². The molecule has 16 heteroatoms. The van der Waals surface area contributed by atoms with E-state index >= 15 is 0 Å². The van der Waals surface area contributed by atoms with Gasteiger partial charge in [0.15, 0.2) is 5.75 Å². The summed E-state index contributed by atoms with van der Waals surface area (Å²) in [6, 6.07) is 8.25. The first-order valence-corrected chi connectivity index (χ1v) is 12.5. The van der Waals surface area contributed by atoms with Gasteiger partial charge in [-0.3, -0.25) is 34.6 Å². The molecule has 0 bridgehead atoms. The summed E-state index contributed by atoms with van der Waals surface area (Å²) in [5.41, 5.74) is 4.69. The second-order valence-corrected chi connectivity index (χ2v) is 9.55. The molecule has 15 nitrogen and oxygen atoms in total. The molecule has 1 aliphatic heterocycles. The van der Waals surface area contributed by atoms with Gasteiger partial charge in [0.05, 0.1) is 6.04 Å². The van der Waals surface area contributed by atoms with Gasteiger partial charge in [-0.2, -0.15) is 0 Å². The number of rotatable bonds is 10. The minimum Gasteiger partial charge on any atom is -0.483 e. The number of nitrogens with one attached hydrogen (secondary N) is 4. The molecule has 1 aromatic carbocycles. The van der Waals surface area contributed by atoms with E-state index in [9.17, 15) is 33.4 Å². The van der Waals surface area contributed by atoms with Crippen LogP contribution in [-0.2, 0) is 30.1 Å². The van der Waals surface area contributed by atoms with Crippen LogP contribution < -0.4 is 26.3 Å². The number of β-lactam (4-membered cyclic amide) rings is 1. The van der Waals surface area contributed by atoms with Crippen LogP contribution in [0.25, 0.3) is 6.08 Å². The molecule has 3 rings (SSSR count). The van der Waals surface area contributed by atoms with Crippen molar-refractivity contribution in [3.63, 3.8) is 0 Å². The van der Waals surface area contributed by atoms with Gasteiger partial charge in [0.1, 0.15) is 19.3 Å². The SMILES string of the molecule is C[C@H]1[C@H](NC(=O)O)C(=O)N1P(=O)(O)OCC(=O)NNC(=O)C=Cc1cc(=O)c(OCc2ccccc2)c[nH]1. The zero-order chi connectivity index (χ0) is 27.9. The Balaban J connectivity index is 1.42. The molecule has 3 atom stereocenters. The molecule has 2 aromatic rings. The van der Waals surface area contributed by atoms with Crippen molar-refractivity contribution >= 4 is 37.6 Å². The largest absolute Gasteiger partial charge is 0.483 e. The highest BCUT2D eigenvalue weighted by atomic mass is 31.2. The van der Waals surface area contributed by atoms with Crippen LogP contribution in [0.1, 0.15) is 18.2 Å². The predicted octanol–water partition coefficient (Wildman–Crippen LogP) is 0.0984. The predicted molar refractivity (Wildman–Crippen MR) is 130 cm³/mol. The number of H-pyrrole nitrogens is 1. The number of amides is 4. The molecule has 0 radical (unpaired) electrons. The van der Waals surface area contributed by atoms with Gasteiger partial charge < -0.3 is 25.0 Å². The topological polar surface area (TPSA) is 216 Å². The van der Waals surface area contributed by atoms with E-state index in [0.29, 0.717) is 4.67 Å².